The quantitative estimate of drug-likeness (QED) is 0.734. The Kier molecular flexibility index (Phi) is 2.79. The summed E-state index contributed by atoms with van der Waals surface area (Å²) in [5.41, 5.74) is 2.99. The molecule has 0 saturated carbocycles. The molecule has 0 aliphatic heterocycles. The van der Waals surface area contributed by atoms with Crippen LogP contribution in [0, 0.1) is 0 Å². The number of rotatable bonds is 3. The Morgan fingerprint density at radius 2 is 2.00 bits per heavy atom. The predicted molar refractivity (Wildman–Crippen MR) is 65.7 cm³/mol. The fourth-order valence-corrected chi connectivity index (χ4v) is 2.12. The summed E-state index contributed by atoms with van der Waals surface area (Å²) in [6, 6.07) is 8.12. The summed E-state index contributed by atoms with van der Waals surface area (Å²) in [5.74, 6) is 0. The van der Waals surface area contributed by atoms with Crippen LogP contribution in [0.3, 0.4) is 0 Å². The van der Waals surface area contributed by atoms with Crippen LogP contribution < -0.4 is 0 Å². The lowest BCUT2D eigenvalue weighted by Gasteiger charge is -2.09. The molecule has 0 N–H and O–H groups in total. The maximum atomic E-state index is 11.2. The molecule has 0 fully saturated rings. The van der Waals surface area contributed by atoms with Crippen LogP contribution in [0.4, 0.5) is 0 Å². The van der Waals surface area contributed by atoms with Gasteiger partial charge in [-0.1, -0.05) is 18.2 Å². The molecular formula is C13H16N2O. The van der Waals surface area contributed by atoms with Gasteiger partial charge < -0.3 is 9.47 Å². The maximum Gasteiger partial charge on any atom is 0.166 e. The Morgan fingerprint density at radius 3 is 2.62 bits per heavy atom. The molecule has 3 nitrogen and oxygen atoms in total. The number of fused-ring (bicyclic) bond motifs is 1. The standard InChI is InChI=1S/C13H16N2O/c1-14(2)8-11-10-6-4-5-7-12(10)15(3)13(11)9-16/h4-7,9H,8H2,1-3H3. The molecule has 2 aromatic rings. The summed E-state index contributed by atoms with van der Waals surface area (Å²) >= 11 is 0. The molecule has 0 amide bonds. The van der Waals surface area contributed by atoms with Crippen LogP contribution in [0.5, 0.6) is 0 Å². The molecule has 0 spiro atoms. The van der Waals surface area contributed by atoms with Gasteiger partial charge in [-0.2, -0.15) is 0 Å². The zero-order valence-corrected chi connectivity index (χ0v) is 9.90. The average molecular weight is 216 g/mol. The first-order valence-electron chi connectivity index (χ1n) is 5.31. The second-order valence-corrected chi connectivity index (χ2v) is 4.30. The van der Waals surface area contributed by atoms with Gasteiger partial charge in [-0.05, 0) is 20.2 Å². The molecule has 0 saturated heterocycles. The molecule has 0 aliphatic carbocycles. The lowest BCUT2D eigenvalue weighted by atomic mass is 10.1. The molecule has 1 heterocycles. The molecular weight excluding hydrogens is 200 g/mol. The second-order valence-electron chi connectivity index (χ2n) is 4.30. The Morgan fingerprint density at radius 1 is 1.31 bits per heavy atom. The van der Waals surface area contributed by atoms with Crippen molar-refractivity contribution in [2.45, 2.75) is 6.54 Å². The first-order chi connectivity index (χ1) is 7.65. The van der Waals surface area contributed by atoms with Crippen LogP contribution in [0.25, 0.3) is 10.9 Å². The smallest absolute Gasteiger partial charge is 0.166 e. The van der Waals surface area contributed by atoms with E-state index in [4.69, 9.17) is 0 Å². The number of para-hydroxylation sites is 1. The van der Waals surface area contributed by atoms with Crippen LogP contribution in [0.2, 0.25) is 0 Å². The third kappa shape index (κ3) is 1.63. The highest BCUT2D eigenvalue weighted by atomic mass is 16.1. The van der Waals surface area contributed by atoms with Crippen molar-refractivity contribution >= 4 is 17.2 Å². The molecule has 0 radical (unpaired) electrons. The fourth-order valence-electron chi connectivity index (χ4n) is 2.12. The topological polar surface area (TPSA) is 25.2 Å². The summed E-state index contributed by atoms with van der Waals surface area (Å²) < 4.78 is 1.96. The van der Waals surface area contributed by atoms with Crippen LogP contribution in [-0.2, 0) is 13.6 Å². The summed E-state index contributed by atoms with van der Waals surface area (Å²) in [6.45, 7) is 0.787. The minimum atomic E-state index is 0.773. The first-order valence-corrected chi connectivity index (χ1v) is 5.31. The van der Waals surface area contributed by atoms with E-state index in [0.29, 0.717) is 0 Å². The molecule has 0 unspecified atom stereocenters. The summed E-state index contributed by atoms with van der Waals surface area (Å²) in [5, 5.41) is 1.17. The maximum absolute atomic E-state index is 11.2. The van der Waals surface area contributed by atoms with Crippen molar-refractivity contribution in [2.24, 2.45) is 7.05 Å². The Bertz CT molecular complexity index is 526. The molecule has 3 heteroatoms. The summed E-state index contributed by atoms with van der Waals surface area (Å²) in [7, 11) is 5.96. The van der Waals surface area contributed by atoms with Gasteiger partial charge in [0.25, 0.3) is 0 Å². The van der Waals surface area contributed by atoms with E-state index in [2.05, 4.69) is 11.0 Å². The molecule has 0 aliphatic rings. The fraction of sp³-hybridized carbons (Fsp3) is 0.308. The number of hydrogen-bond donors (Lipinski definition) is 0. The third-order valence-electron chi connectivity index (χ3n) is 2.85. The van der Waals surface area contributed by atoms with Crippen molar-refractivity contribution in [1.82, 2.24) is 9.47 Å². The van der Waals surface area contributed by atoms with E-state index in [1.165, 1.54) is 5.39 Å². The zero-order chi connectivity index (χ0) is 11.7. The number of aromatic nitrogens is 1. The highest BCUT2D eigenvalue weighted by molar-refractivity contribution is 5.93. The van der Waals surface area contributed by atoms with Crippen molar-refractivity contribution in [1.29, 1.82) is 0 Å². The van der Waals surface area contributed by atoms with Crippen molar-refractivity contribution in [3.63, 3.8) is 0 Å². The normalized spacial score (nSPS) is 11.2. The van der Waals surface area contributed by atoms with E-state index >= 15 is 0 Å². The molecule has 1 aromatic carbocycles. The highest BCUT2D eigenvalue weighted by Crippen LogP contribution is 2.24. The number of nitrogens with zero attached hydrogens (tertiary/aromatic N) is 2. The molecule has 84 valence electrons. The van der Waals surface area contributed by atoms with E-state index in [0.717, 1.165) is 29.6 Å². The van der Waals surface area contributed by atoms with E-state index in [-0.39, 0.29) is 0 Å². The lowest BCUT2D eigenvalue weighted by Crippen LogP contribution is -2.12. The average Bonchev–Trinajstić information content (AvgIpc) is 2.52. The molecule has 16 heavy (non-hydrogen) atoms. The Labute approximate surface area is 95.3 Å². The van der Waals surface area contributed by atoms with E-state index in [1.807, 2.05) is 43.9 Å². The van der Waals surface area contributed by atoms with Crippen molar-refractivity contribution in [3.8, 4) is 0 Å². The molecule has 0 bridgehead atoms. The Balaban J connectivity index is 2.72. The molecule has 2 rings (SSSR count). The number of benzene rings is 1. The summed E-state index contributed by atoms with van der Waals surface area (Å²) in [6.07, 6.45) is 0.943. The van der Waals surface area contributed by atoms with Gasteiger partial charge in [-0.25, -0.2) is 0 Å². The van der Waals surface area contributed by atoms with Gasteiger partial charge in [0.2, 0.25) is 0 Å². The molecule has 0 atom stereocenters. The van der Waals surface area contributed by atoms with Crippen LogP contribution in [0.1, 0.15) is 16.1 Å². The van der Waals surface area contributed by atoms with Gasteiger partial charge in [0.1, 0.15) is 0 Å². The van der Waals surface area contributed by atoms with Crippen molar-refractivity contribution in [2.75, 3.05) is 14.1 Å². The van der Waals surface area contributed by atoms with Gasteiger partial charge in [0.15, 0.2) is 6.29 Å². The van der Waals surface area contributed by atoms with Gasteiger partial charge >= 0.3 is 0 Å². The predicted octanol–water partition coefficient (Wildman–Crippen LogP) is 2.05. The number of carbonyl (C=O) groups is 1. The number of aldehydes is 1. The van der Waals surface area contributed by atoms with Crippen molar-refractivity contribution < 1.29 is 4.79 Å². The minimum Gasteiger partial charge on any atom is -0.341 e. The number of carbonyl (C=O) groups excluding carboxylic acids is 1. The lowest BCUT2D eigenvalue weighted by molar-refractivity contribution is 0.111. The van der Waals surface area contributed by atoms with Gasteiger partial charge in [0.05, 0.1) is 5.69 Å². The van der Waals surface area contributed by atoms with Gasteiger partial charge in [-0.15, -0.1) is 0 Å². The number of aryl methyl sites for hydroxylation is 1. The largest absolute Gasteiger partial charge is 0.341 e. The first kappa shape index (κ1) is 10.9. The summed E-state index contributed by atoms with van der Waals surface area (Å²) in [4.78, 5) is 13.2. The number of hydrogen-bond acceptors (Lipinski definition) is 2. The minimum absolute atomic E-state index is 0.773. The third-order valence-corrected chi connectivity index (χ3v) is 2.85. The zero-order valence-electron chi connectivity index (χ0n) is 9.90. The van der Waals surface area contributed by atoms with Crippen molar-refractivity contribution in [3.05, 3.63) is 35.5 Å². The van der Waals surface area contributed by atoms with Crippen LogP contribution in [0.15, 0.2) is 24.3 Å². The van der Waals surface area contributed by atoms with E-state index in [9.17, 15) is 4.79 Å². The molecule has 1 aromatic heterocycles. The van der Waals surface area contributed by atoms with E-state index < -0.39 is 0 Å². The Hall–Kier alpha value is -1.61. The van der Waals surface area contributed by atoms with Crippen LogP contribution in [-0.4, -0.2) is 29.8 Å². The SMILES string of the molecule is CN(C)Cc1c(C=O)n(C)c2ccccc12. The second kappa shape index (κ2) is 4.10. The van der Waals surface area contributed by atoms with Gasteiger partial charge in [-0.3, -0.25) is 4.79 Å². The monoisotopic (exact) mass is 216 g/mol. The van der Waals surface area contributed by atoms with E-state index in [1.54, 1.807) is 0 Å². The van der Waals surface area contributed by atoms with Crippen LogP contribution >= 0.6 is 0 Å². The van der Waals surface area contributed by atoms with Gasteiger partial charge in [0, 0.05) is 30.1 Å². The highest BCUT2D eigenvalue weighted by Gasteiger charge is 2.14.